The van der Waals surface area contributed by atoms with Gasteiger partial charge in [0.25, 0.3) is 0 Å². The fourth-order valence-corrected chi connectivity index (χ4v) is 2.77. The highest BCUT2D eigenvalue weighted by molar-refractivity contribution is 5.96. The minimum absolute atomic E-state index is 0.0879. The fourth-order valence-electron chi connectivity index (χ4n) is 2.77. The maximum Gasteiger partial charge on any atom is 0.326 e. The summed E-state index contributed by atoms with van der Waals surface area (Å²) in [5.74, 6) is -5.98. The Labute approximate surface area is 191 Å². The standard InChI is InChI=1S/C19H34N6O8/c1-8(2)6-10(20)16(29)25-15(9(3)26)18(31)24-12(7-14(22)28)17(30)23-11(19(32)33)4-5-13(21)27/h8-12,15,26H,4-7,20H2,1-3H3,(H2,21,27)(H2,22,28)(H,23,30)(H,24,31)(H,25,29)(H,32,33). The lowest BCUT2D eigenvalue weighted by atomic mass is 10.0. The van der Waals surface area contributed by atoms with Gasteiger partial charge >= 0.3 is 5.97 Å². The Balaban J connectivity index is 5.45. The van der Waals surface area contributed by atoms with Crippen molar-refractivity contribution >= 4 is 35.5 Å². The number of primary amides is 2. The lowest BCUT2D eigenvalue weighted by Gasteiger charge is -2.26. The van der Waals surface area contributed by atoms with Crippen LogP contribution < -0.4 is 33.2 Å². The van der Waals surface area contributed by atoms with Crippen LogP contribution in [-0.4, -0.2) is 76.0 Å². The summed E-state index contributed by atoms with van der Waals surface area (Å²) >= 11 is 0. The molecule has 0 aliphatic heterocycles. The molecule has 0 heterocycles. The summed E-state index contributed by atoms with van der Waals surface area (Å²) in [6.07, 6.45) is -2.45. The van der Waals surface area contributed by atoms with E-state index in [0.29, 0.717) is 6.42 Å². The number of rotatable bonds is 15. The topological polar surface area (TPSA) is 257 Å². The molecule has 0 bridgehead atoms. The van der Waals surface area contributed by atoms with Crippen molar-refractivity contribution in [2.75, 3.05) is 0 Å². The molecule has 14 heteroatoms. The number of aliphatic hydroxyl groups excluding tert-OH is 1. The van der Waals surface area contributed by atoms with Gasteiger partial charge in [0.15, 0.2) is 0 Å². The van der Waals surface area contributed by atoms with E-state index >= 15 is 0 Å². The first-order valence-corrected chi connectivity index (χ1v) is 10.3. The molecule has 0 fully saturated rings. The minimum Gasteiger partial charge on any atom is -0.480 e. The highest BCUT2D eigenvalue weighted by Crippen LogP contribution is 2.05. The van der Waals surface area contributed by atoms with Gasteiger partial charge in [0, 0.05) is 6.42 Å². The molecule has 0 rings (SSSR count). The number of hydrogen-bond acceptors (Lipinski definition) is 8. The molecule has 0 saturated heterocycles. The molecule has 5 amide bonds. The summed E-state index contributed by atoms with van der Waals surface area (Å²) in [5.41, 5.74) is 15.9. The van der Waals surface area contributed by atoms with Crippen LogP contribution in [-0.2, 0) is 28.8 Å². The third-order valence-electron chi connectivity index (χ3n) is 4.46. The van der Waals surface area contributed by atoms with Gasteiger partial charge in [-0.15, -0.1) is 0 Å². The third kappa shape index (κ3) is 11.8. The summed E-state index contributed by atoms with van der Waals surface area (Å²) in [6.45, 7) is 4.89. The first kappa shape index (κ1) is 29.7. The Morgan fingerprint density at radius 3 is 1.79 bits per heavy atom. The first-order chi connectivity index (χ1) is 15.1. The number of carboxylic acids is 1. The number of carbonyl (C=O) groups excluding carboxylic acids is 5. The largest absolute Gasteiger partial charge is 0.480 e. The van der Waals surface area contributed by atoms with Gasteiger partial charge in [-0.1, -0.05) is 13.8 Å². The van der Waals surface area contributed by atoms with Crippen LogP contribution in [0, 0.1) is 5.92 Å². The molecule has 188 valence electrons. The van der Waals surface area contributed by atoms with Crippen molar-refractivity contribution < 1.29 is 39.0 Å². The van der Waals surface area contributed by atoms with Gasteiger partial charge in [0.2, 0.25) is 29.5 Å². The summed E-state index contributed by atoms with van der Waals surface area (Å²) in [5, 5.41) is 25.7. The zero-order chi connectivity index (χ0) is 25.9. The zero-order valence-electron chi connectivity index (χ0n) is 18.9. The number of aliphatic hydroxyl groups is 1. The Morgan fingerprint density at radius 1 is 0.818 bits per heavy atom. The Morgan fingerprint density at radius 2 is 1.36 bits per heavy atom. The van der Waals surface area contributed by atoms with Crippen molar-refractivity contribution in [3.05, 3.63) is 0 Å². The van der Waals surface area contributed by atoms with E-state index in [1.165, 1.54) is 6.92 Å². The van der Waals surface area contributed by atoms with Crippen LogP contribution in [0.5, 0.6) is 0 Å². The summed E-state index contributed by atoms with van der Waals surface area (Å²) in [6, 6.07) is -5.62. The van der Waals surface area contributed by atoms with Crippen LogP contribution in [0.15, 0.2) is 0 Å². The van der Waals surface area contributed by atoms with Crippen molar-refractivity contribution in [3.63, 3.8) is 0 Å². The molecule has 0 aromatic carbocycles. The summed E-state index contributed by atoms with van der Waals surface area (Å²) in [7, 11) is 0. The molecule has 0 saturated carbocycles. The summed E-state index contributed by atoms with van der Waals surface area (Å²) in [4.78, 5) is 71.1. The number of hydrogen-bond donors (Lipinski definition) is 8. The van der Waals surface area contributed by atoms with Gasteiger partial charge in [0.05, 0.1) is 18.6 Å². The van der Waals surface area contributed by atoms with Gasteiger partial charge in [-0.25, -0.2) is 4.79 Å². The predicted octanol–water partition coefficient (Wildman–Crippen LogP) is -3.58. The van der Waals surface area contributed by atoms with Crippen LogP contribution >= 0.6 is 0 Å². The number of carboxylic acid groups (broad SMARTS) is 1. The summed E-state index contributed by atoms with van der Waals surface area (Å²) < 4.78 is 0. The van der Waals surface area contributed by atoms with Crippen molar-refractivity contribution in [1.29, 1.82) is 0 Å². The van der Waals surface area contributed by atoms with Crippen molar-refractivity contribution in [2.45, 2.75) is 76.7 Å². The minimum atomic E-state index is -1.62. The van der Waals surface area contributed by atoms with Crippen molar-refractivity contribution in [1.82, 2.24) is 16.0 Å². The first-order valence-electron chi connectivity index (χ1n) is 10.3. The van der Waals surface area contributed by atoms with E-state index in [-0.39, 0.29) is 18.8 Å². The van der Waals surface area contributed by atoms with Gasteiger partial charge in [-0.3, -0.25) is 24.0 Å². The molecule has 0 spiro atoms. The maximum atomic E-state index is 12.7. The molecule has 0 aliphatic rings. The molecule has 5 atom stereocenters. The number of aliphatic carboxylic acids is 1. The Hall–Kier alpha value is -3.26. The van der Waals surface area contributed by atoms with Crippen LogP contribution in [0.1, 0.15) is 46.5 Å². The zero-order valence-corrected chi connectivity index (χ0v) is 18.9. The van der Waals surface area contributed by atoms with Gasteiger partial charge in [-0.05, 0) is 25.7 Å². The molecule has 0 aliphatic carbocycles. The quantitative estimate of drug-likeness (QED) is 0.116. The Kier molecular flexibility index (Phi) is 12.6. The lowest BCUT2D eigenvalue weighted by molar-refractivity contribution is -0.143. The number of carbonyl (C=O) groups is 6. The molecule has 5 unspecified atom stereocenters. The van der Waals surface area contributed by atoms with E-state index in [2.05, 4.69) is 16.0 Å². The van der Waals surface area contributed by atoms with Crippen LogP contribution in [0.4, 0.5) is 0 Å². The van der Waals surface area contributed by atoms with E-state index in [1.54, 1.807) is 0 Å². The molecule has 0 aromatic rings. The molecule has 14 nitrogen and oxygen atoms in total. The average molecular weight is 475 g/mol. The molecule has 0 radical (unpaired) electrons. The highest BCUT2D eigenvalue weighted by atomic mass is 16.4. The normalized spacial score (nSPS) is 15.5. The second kappa shape index (κ2) is 14.0. The number of nitrogens with two attached hydrogens (primary N) is 3. The molecule has 0 aromatic heterocycles. The third-order valence-corrected chi connectivity index (χ3v) is 4.46. The smallest absolute Gasteiger partial charge is 0.326 e. The fraction of sp³-hybridized carbons (Fsp3) is 0.684. The number of nitrogens with one attached hydrogen (secondary N) is 3. The Bertz CT molecular complexity index is 742. The lowest BCUT2D eigenvalue weighted by Crippen LogP contribution is -2.60. The van der Waals surface area contributed by atoms with E-state index in [1.807, 2.05) is 13.8 Å². The average Bonchev–Trinajstić information content (AvgIpc) is 2.66. The van der Waals surface area contributed by atoms with Gasteiger partial charge in [-0.2, -0.15) is 0 Å². The van der Waals surface area contributed by atoms with E-state index < -0.39 is 72.2 Å². The number of amides is 5. The predicted molar refractivity (Wildman–Crippen MR) is 115 cm³/mol. The SMILES string of the molecule is CC(C)CC(N)C(=O)NC(C(=O)NC(CC(N)=O)C(=O)NC(CCC(N)=O)C(=O)O)C(C)O. The van der Waals surface area contributed by atoms with Gasteiger partial charge < -0.3 is 43.4 Å². The maximum absolute atomic E-state index is 12.7. The van der Waals surface area contributed by atoms with E-state index in [4.69, 9.17) is 17.2 Å². The molecule has 11 N–H and O–H groups in total. The molecular formula is C19H34N6O8. The molecular weight excluding hydrogens is 440 g/mol. The van der Waals surface area contributed by atoms with Crippen molar-refractivity contribution in [3.8, 4) is 0 Å². The van der Waals surface area contributed by atoms with Gasteiger partial charge in [0.1, 0.15) is 18.1 Å². The van der Waals surface area contributed by atoms with E-state index in [0.717, 1.165) is 0 Å². The van der Waals surface area contributed by atoms with Crippen LogP contribution in [0.25, 0.3) is 0 Å². The molecule has 33 heavy (non-hydrogen) atoms. The highest BCUT2D eigenvalue weighted by Gasteiger charge is 2.33. The van der Waals surface area contributed by atoms with Crippen molar-refractivity contribution in [2.24, 2.45) is 23.1 Å². The second-order valence-electron chi connectivity index (χ2n) is 8.10. The van der Waals surface area contributed by atoms with E-state index in [9.17, 15) is 39.0 Å². The monoisotopic (exact) mass is 474 g/mol. The van der Waals surface area contributed by atoms with Crippen LogP contribution in [0.3, 0.4) is 0 Å². The van der Waals surface area contributed by atoms with Crippen LogP contribution in [0.2, 0.25) is 0 Å². The second-order valence-corrected chi connectivity index (χ2v) is 8.10.